The monoisotopic (exact) mass is 610 g/mol. The average Bonchev–Trinajstić information content (AvgIpc) is 3.00. The van der Waals surface area contributed by atoms with Crippen LogP contribution in [0.5, 0.6) is 11.5 Å². The molecule has 0 radical (unpaired) electrons. The molecule has 0 aromatic heterocycles. The maximum Gasteiger partial charge on any atom is 0.342 e. The maximum atomic E-state index is 13.4. The minimum atomic E-state index is -1.78. The molecule has 2 saturated heterocycles. The fraction of sp³-hybridized carbons (Fsp3) is 0.552. The second-order valence-corrected chi connectivity index (χ2v) is 10.7. The van der Waals surface area contributed by atoms with E-state index in [1.54, 1.807) is 30.3 Å². The van der Waals surface area contributed by atoms with Crippen LogP contribution in [0.2, 0.25) is 0 Å². The first-order chi connectivity index (χ1) is 20.4. The number of benzene rings is 2. The summed E-state index contributed by atoms with van der Waals surface area (Å²) in [4.78, 5) is 13.4. The molecular formula is C29H38O14. The molecule has 14 nitrogen and oxygen atoms in total. The van der Waals surface area contributed by atoms with E-state index in [0.29, 0.717) is 5.39 Å². The number of hydrogen-bond acceptors (Lipinski definition) is 14. The van der Waals surface area contributed by atoms with Crippen molar-refractivity contribution in [2.75, 3.05) is 20.3 Å². The first kappa shape index (κ1) is 33.0. The number of hydrogen-bond donors (Lipinski definition) is 8. The van der Waals surface area contributed by atoms with Gasteiger partial charge < -0.3 is 64.5 Å². The number of fused-ring (bicyclic) bond motifs is 1. The van der Waals surface area contributed by atoms with E-state index in [-0.39, 0.29) is 34.4 Å². The van der Waals surface area contributed by atoms with Crippen LogP contribution in [0.3, 0.4) is 0 Å². The second-order valence-electron chi connectivity index (χ2n) is 10.7. The summed E-state index contributed by atoms with van der Waals surface area (Å²) in [6, 6.07) is 6.45. The van der Waals surface area contributed by atoms with Gasteiger partial charge in [-0.2, -0.15) is 0 Å². The number of carbonyl (C=O) groups is 1. The molecule has 0 aliphatic carbocycles. The molecule has 14 heteroatoms. The standard InChI is InChI=1S/C29H38O14/c1-12(2)8-9-15-18(27(38)39-3)26(43-29-24(37)22(35)20(33)17(11-31)41-29)14-7-5-4-6-13(14)25(15)42-28-23(36)21(34)19(32)16(10-30)40-28/h4-8,16-17,19-24,28-37H,9-11H2,1-3H3/t16-,17+,19-,20-,21+,22+,23-,24-,28+,29-/m0/s1. The smallest absolute Gasteiger partial charge is 0.342 e. The summed E-state index contributed by atoms with van der Waals surface area (Å²) in [7, 11) is 1.14. The van der Waals surface area contributed by atoms with Crippen LogP contribution < -0.4 is 9.47 Å². The van der Waals surface area contributed by atoms with Crippen molar-refractivity contribution in [1.82, 2.24) is 0 Å². The van der Waals surface area contributed by atoms with Gasteiger partial charge >= 0.3 is 5.97 Å². The number of methoxy groups -OCH3 is 1. The Balaban J connectivity index is 1.93. The lowest BCUT2D eigenvalue weighted by atomic mass is 9.94. The molecule has 2 fully saturated rings. The van der Waals surface area contributed by atoms with Crippen molar-refractivity contribution in [3.05, 3.63) is 47.0 Å². The van der Waals surface area contributed by atoms with E-state index < -0.39 is 80.6 Å². The van der Waals surface area contributed by atoms with Crippen molar-refractivity contribution in [1.29, 1.82) is 0 Å². The summed E-state index contributed by atoms with van der Waals surface area (Å²) in [5.74, 6) is -0.995. The first-order valence-electron chi connectivity index (χ1n) is 13.7. The molecule has 8 N–H and O–H groups in total. The molecule has 2 aromatic rings. The average molecular weight is 611 g/mol. The van der Waals surface area contributed by atoms with Gasteiger partial charge in [0.2, 0.25) is 12.6 Å². The lowest BCUT2D eigenvalue weighted by Crippen LogP contribution is -2.60. The predicted molar refractivity (Wildman–Crippen MR) is 147 cm³/mol. The third kappa shape index (κ3) is 6.49. The fourth-order valence-electron chi connectivity index (χ4n) is 5.06. The highest BCUT2D eigenvalue weighted by Crippen LogP contribution is 2.44. The summed E-state index contributed by atoms with van der Waals surface area (Å²) in [5.41, 5.74) is 0.873. The molecule has 4 rings (SSSR count). The number of ether oxygens (including phenoxy) is 5. The van der Waals surface area contributed by atoms with Crippen LogP contribution in [0.25, 0.3) is 10.8 Å². The van der Waals surface area contributed by atoms with Gasteiger partial charge in [0.25, 0.3) is 0 Å². The number of aliphatic hydroxyl groups excluding tert-OH is 8. The molecule has 0 unspecified atom stereocenters. The lowest BCUT2D eigenvalue weighted by Gasteiger charge is -2.40. The summed E-state index contributed by atoms with van der Waals surface area (Å²) < 4.78 is 28.4. The van der Waals surface area contributed by atoms with Crippen LogP contribution in [-0.4, -0.2) is 129 Å². The minimum absolute atomic E-state index is 0.0268. The summed E-state index contributed by atoms with van der Waals surface area (Å²) in [6.07, 6.45) is -14.2. The van der Waals surface area contributed by atoms with E-state index in [1.807, 2.05) is 13.8 Å². The van der Waals surface area contributed by atoms with E-state index in [4.69, 9.17) is 23.7 Å². The summed E-state index contributed by atoms with van der Waals surface area (Å²) in [6.45, 7) is 2.26. The zero-order valence-corrected chi connectivity index (χ0v) is 23.8. The van der Waals surface area contributed by atoms with Gasteiger partial charge in [0.1, 0.15) is 65.9 Å². The van der Waals surface area contributed by atoms with E-state index >= 15 is 0 Å². The second kappa shape index (κ2) is 13.8. The van der Waals surface area contributed by atoms with Gasteiger partial charge in [-0.05, 0) is 20.3 Å². The highest BCUT2D eigenvalue weighted by atomic mass is 16.7. The van der Waals surface area contributed by atoms with Crippen molar-refractivity contribution in [2.45, 2.75) is 81.7 Å². The molecule has 238 valence electrons. The maximum absolute atomic E-state index is 13.4. The third-order valence-corrected chi connectivity index (χ3v) is 7.49. The molecule has 0 spiro atoms. The number of aliphatic hydroxyl groups is 8. The quantitative estimate of drug-likeness (QED) is 0.119. The highest BCUT2D eigenvalue weighted by molar-refractivity contribution is 6.06. The zero-order valence-electron chi connectivity index (χ0n) is 23.8. The fourth-order valence-corrected chi connectivity index (χ4v) is 5.06. The van der Waals surface area contributed by atoms with Gasteiger partial charge in [-0.25, -0.2) is 4.79 Å². The highest BCUT2D eigenvalue weighted by Gasteiger charge is 2.47. The largest absolute Gasteiger partial charge is 0.465 e. The Morgan fingerprint density at radius 1 is 0.767 bits per heavy atom. The van der Waals surface area contributed by atoms with Crippen LogP contribution in [0.1, 0.15) is 29.8 Å². The molecular weight excluding hydrogens is 572 g/mol. The number of rotatable bonds is 9. The van der Waals surface area contributed by atoms with Crippen molar-refractivity contribution in [3.63, 3.8) is 0 Å². The van der Waals surface area contributed by atoms with Crippen molar-refractivity contribution >= 4 is 16.7 Å². The van der Waals surface area contributed by atoms with Crippen LogP contribution in [0, 0.1) is 0 Å². The third-order valence-electron chi connectivity index (χ3n) is 7.49. The molecule has 10 atom stereocenters. The summed E-state index contributed by atoms with van der Waals surface area (Å²) in [5, 5.41) is 82.4. The predicted octanol–water partition coefficient (Wildman–Crippen LogP) is -1.51. The zero-order chi connectivity index (χ0) is 31.6. The summed E-state index contributed by atoms with van der Waals surface area (Å²) >= 11 is 0. The molecule has 0 saturated carbocycles. The normalized spacial score (nSPS) is 32.7. The SMILES string of the molecule is COC(=O)c1c(CC=C(C)C)c(O[C@H]2O[C@@H](CO)[C@H](O)[C@@H](O)[C@@H]2O)c2ccccc2c1O[C@@H]1O[C@H](CO)[C@H](O)[C@@H](O)[C@@H]1O. The number of esters is 1. The Labute approximate surface area is 246 Å². The van der Waals surface area contributed by atoms with Crippen molar-refractivity contribution in [2.24, 2.45) is 0 Å². The van der Waals surface area contributed by atoms with E-state index in [1.165, 1.54) is 0 Å². The Kier molecular flexibility index (Phi) is 10.6. The molecule has 2 aromatic carbocycles. The molecule has 0 amide bonds. The molecule has 2 heterocycles. The number of carbonyl (C=O) groups excluding carboxylic acids is 1. The molecule has 0 bridgehead atoms. The molecule has 2 aliphatic heterocycles. The van der Waals surface area contributed by atoms with E-state index in [2.05, 4.69) is 0 Å². The minimum Gasteiger partial charge on any atom is -0.465 e. The first-order valence-corrected chi connectivity index (χ1v) is 13.7. The molecule has 2 aliphatic rings. The van der Waals surface area contributed by atoms with Crippen LogP contribution in [-0.2, 0) is 20.6 Å². The number of allylic oxidation sites excluding steroid dienone is 2. The van der Waals surface area contributed by atoms with Gasteiger partial charge in [-0.3, -0.25) is 0 Å². The topological polar surface area (TPSA) is 225 Å². The van der Waals surface area contributed by atoms with Gasteiger partial charge in [0.05, 0.1) is 20.3 Å². The van der Waals surface area contributed by atoms with Gasteiger partial charge in [0.15, 0.2) is 0 Å². The van der Waals surface area contributed by atoms with Crippen LogP contribution in [0.15, 0.2) is 35.9 Å². The van der Waals surface area contributed by atoms with Crippen molar-refractivity contribution < 1.29 is 69.3 Å². The Morgan fingerprint density at radius 3 is 1.67 bits per heavy atom. The Bertz CT molecular complexity index is 1310. The van der Waals surface area contributed by atoms with Gasteiger partial charge in [-0.15, -0.1) is 0 Å². The van der Waals surface area contributed by atoms with Gasteiger partial charge in [-0.1, -0.05) is 35.9 Å². The molecule has 43 heavy (non-hydrogen) atoms. The van der Waals surface area contributed by atoms with Crippen molar-refractivity contribution in [3.8, 4) is 11.5 Å². The van der Waals surface area contributed by atoms with Gasteiger partial charge in [0, 0.05) is 16.3 Å². The van der Waals surface area contributed by atoms with E-state index in [9.17, 15) is 45.6 Å². The Hall–Kier alpha value is -2.89. The van der Waals surface area contributed by atoms with E-state index in [0.717, 1.165) is 12.7 Å². The van der Waals surface area contributed by atoms with Crippen LogP contribution >= 0.6 is 0 Å². The Morgan fingerprint density at radius 2 is 1.23 bits per heavy atom. The van der Waals surface area contributed by atoms with Crippen LogP contribution in [0.4, 0.5) is 0 Å². The lowest BCUT2D eigenvalue weighted by molar-refractivity contribution is -0.277.